The Balaban J connectivity index is 1.74. The fourth-order valence-corrected chi connectivity index (χ4v) is 3.49. The van der Waals surface area contributed by atoms with Crippen LogP contribution >= 0.6 is 0 Å². The normalized spacial score (nSPS) is 13.9. The number of aryl methyl sites for hydroxylation is 2. The van der Waals surface area contributed by atoms with Crippen molar-refractivity contribution in [3.05, 3.63) is 41.2 Å². The summed E-state index contributed by atoms with van der Waals surface area (Å²) in [6, 6.07) is 5.24. The summed E-state index contributed by atoms with van der Waals surface area (Å²) in [4.78, 5) is 23.2. The third-order valence-electron chi connectivity index (χ3n) is 4.78. The molecule has 0 saturated heterocycles. The number of anilines is 2. The van der Waals surface area contributed by atoms with Crippen LogP contribution in [-0.4, -0.2) is 29.0 Å². The van der Waals surface area contributed by atoms with Gasteiger partial charge in [-0.3, -0.25) is 4.79 Å². The van der Waals surface area contributed by atoms with E-state index in [1.165, 1.54) is 6.07 Å². The van der Waals surface area contributed by atoms with E-state index >= 15 is 0 Å². The summed E-state index contributed by atoms with van der Waals surface area (Å²) < 4.78 is 28.9. The lowest BCUT2D eigenvalue weighted by Gasteiger charge is -2.31. The zero-order chi connectivity index (χ0) is 21.9. The molecule has 6 nitrogen and oxygen atoms in total. The number of carbonyl (C=O) groups excluding carboxylic acids is 1. The van der Waals surface area contributed by atoms with Crippen LogP contribution in [0.25, 0.3) is 0 Å². The smallest absolute Gasteiger partial charge is 0.388 e. The summed E-state index contributed by atoms with van der Waals surface area (Å²) in [5.74, 6) is 0.476. The number of nitrogens with zero attached hydrogens (tertiary/aromatic N) is 3. The number of alkyl halides is 2. The van der Waals surface area contributed by atoms with Gasteiger partial charge in [0.25, 0.3) is 0 Å². The van der Waals surface area contributed by atoms with Crippen molar-refractivity contribution in [2.75, 3.05) is 16.8 Å². The van der Waals surface area contributed by atoms with Gasteiger partial charge in [-0.15, -0.1) is 0 Å². The Morgan fingerprint density at radius 2 is 2.10 bits per heavy atom. The molecule has 3 heterocycles. The van der Waals surface area contributed by atoms with E-state index < -0.39 is 6.61 Å². The molecule has 0 saturated carbocycles. The Labute approximate surface area is 175 Å². The molecule has 0 atom stereocenters. The van der Waals surface area contributed by atoms with Crippen molar-refractivity contribution in [3.63, 3.8) is 0 Å². The van der Waals surface area contributed by atoms with Crippen LogP contribution in [0.4, 0.5) is 20.3 Å². The largest absolute Gasteiger partial charge is 0.417 e. The van der Waals surface area contributed by atoms with Gasteiger partial charge in [0.05, 0.1) is 11.4 Å². The molecular formula is C22H28F2N4O2. The molecule has 0 bridgehead atoms. The van der Waals surface area contributed by atoms with Gasteiger partial charge in [0.15, 0.2) is 0 Å². The summed E-state index contributed by atoms with van der Waals surface area (Å²) in [5.41, 5.74) is 3.68. The van der Waals surface area contributed by atoms with E-state index in [0.717, 1.165) is 41.9 Å². The average Bonchev–Trinajstić information content (AvgIpc) is 2.62. The average molecular weight is 418 g/mol. The highest BCUT2D eigenvalue weighted by Gasteiger charge is 2.22. The van der Waals surface area contributed by atoms with Gasteiger partial charge in [-0.05, 0) is 42.4 Å². The Bertz CT molecular complexity index is 895. The molecule has 1 amide bonds. The number of aromatic nitrogens is 2. The zero-order valence-electron chi connectivity index (χ0n) is 17.8. The van der Waals surface area contributed by atoms with Gasteiger partial charge < -0.3 is 15.0 Å². The van der Waals surface area contributed by atoms with E-state index in [9.17, 15) is 13.6 Å². The molecule has 0 aromatic carbocycles. The number of hydrogen-bond donors (Lipinski definition) is 1. The van der Waals surface area contributed by atoms with E-state index in [0.29, 0.717) is 18.8 Å². The first-order chi connectivity index (χ1) is 14.1. The topological polar surface area (TPSA) is 67.4 Å². The first-order valence-electron chi connectivity index (χ1n) is 10.1. The lowest BCUT2D eigenvalue weighted by atomic mass is 9.92. The highest BCUT2D eigenvalue weighted by atomic mass is 19.3. The molecule has 0 unspecified atom stereocenters. The second kappa shape index (κ2) is 8.93. The van der Waals surface area contributed by atoms with Crippen LogP contribution in [0.15, 0.2) is 24.4 Å². The molecular weight excluding hydrogens is 390 g/mol. The molecule has 3 rings (SSSR count). The number of ether oxygens (including phenoxy) is 1. The lowest BCUT2D eigenvalue weighted by Crippen LogP contribution is -2.30. The molecule has 2 aromatic heterocycles. The Kier molecular flexibility index (Phi) is 6.53. The number of hydrogen-bond acceptors (Lipinski definition) is 5. The van der Waals surface area contributed by atoms with Gasteiger partial charge >= 0.3 is 6.61 Å². The Morgan fingerprint density at radius 3 is 2.73 bits per heavy atom. The predicted molar refractivity (Wildman–Crippen MR) is 112 cm³/mol. The third kappa shape index (κ3) is 5.87. The zero-order valence-corrected chi connectivity index (χ0v) is 17.8. The molecule has 0 fully saturated rings. The summed E-state index contributed by atoms with van der Waals surface area (Å²) >= 11 is 0. The quantitative estimate of drug-likeness (QED) is 0.736. The number of pyridine rings is 2. The minimum absolute atomic E-state index is 0.0390. The van der Waals surface area contributed by atoms with E-state index in [2.05, 4.69) is 26.0 Å². The molecule has 30 heavy (non-hydrogen) atoms. The Morgan fingerprint density at radius 1 is 1.33 bits per heavy atom. The highest BCUT2D eigenvalue weighted by Crippen LogP contribution is 2.31. The van der Waals surface area contributed by atoms with Gasteiger partial charge in [-0.2, -0.15) is 8.78 Å². The van der Waals surface area contributed by atoms with Crippen LogP contribution in [0.5, 0.6) is 5.88 Å². The van der Waals surface area contributed by atoms with Crippen LogP contribution < -0.4 is 15.0 Å². The van der Waals surface area contributed by atoms with Crippen LogP contribution in [-0.2, 0) is 17.8 Å². The van der Waals surface area contributed by atoms with E-state index in [-0.39, 0.29) is 17.2 Å². The van der Waals surface area contributed by atoms with Gasteiger partial charge in [0.2, 0.25) is 11.8 Å². The lowest BCUT2D eigenvalue weighted by molar-refractivity contribution is -0.117. The summed E-state index contributed by atoms with van der Waals surface area (Å²) in [6.45, 7) is 6.58. The second-order valence-electron chi connectivity index (χ2n) is 8.81. The maximum Gasteiger partial charge on any atom is 0.388 e. The van der Waals surface area contributed by atoms with Crippen molar-refractivity contribution in [2.45, 2.75) is 60.1 Å². The van der Waals surface area contributed by atoms with Crippen molar-refractivity contribution < 1.29 is 18.3 Å². The van der Waals surface area contributed by atoms with Gasteiger partial charge in [-0.25, -0.2) is 9.97 Å². The Hall–Kier alpha value is -2.77. The minimum atomic E-state index is -2.88. The number of rotatable bonds is 6. The monoisotopic (exact) mass is 418 g/mol. The fourth-order valence-electron chi connectivity index (χ4n) is 3.49. The summed E-state index contributed by atoms with van der Waals surface area (Å²) in [5, 5.41) is 2.95. The molecule has 1 aliphatic rings. The number of halogens is 2. The van der Waals surface area contributed by atoms with Crippen LogP contribution in [0.3, 0.4) is 0 Å². The molecule has 0 spiro atoms. The number of amides is 1. The first-order valence-corrected chi connectivity index (χ1v) is 10.1. The minimum Gasteiger partial charge on any atom is -0.417 e. The molecule has 8 heteroatoms. The highest BCUT2D eigenvalue weighted by molar-refractivity contribution is 5.91. The van der Waals surface area contributed by atoms with Crippen LogP contribution in [0.2, 0.25) is 0 Å². The molecule has 0 radical (unpaired) electrons. The van der Waals surface area contributed by atoms with E-state index in [1.807, 2.05) is 27.7 Å². The fraction of sp³-hybridized carbons (Fsp3) is 0.500. The first kappa shape index (κ1) is 21.9. The van der Waals surface area contributed by atoms with Crippen molar-refractivity contribution >= 4 is 17.4 Å². The van der Waals surface area contributed by atoms with Gasteiger partial charge in [-0.1, -0.05) is 26.8 Å². The standard InChI is InChI=1S/C22H28F2N4O2/c1-14-10-17-16(26-20(14)27-18(29)11-22(2,3)4)6-5-9-28(17)13-15-7-8-19(25-12-15)30-21(23)24/h7-8,10,12,21H,5-6,9,11,13H2,1-4H3,(H,26,27,29). The maximum atomic E-state index is 12.3. The molecule has 1 N–H and O–H groups in total. The van der Waals surface area contributed by atoms with Crippen molar-refractivity contribution in [1.29, 1.82) is 0 Å². The maximum absolute atomic E-state index is 12.3. The molecule has 162 valence electrons. The van der Waals surface area contributed by atoms with Crippen molar-refractivity contribution in [2.24, 2.45) is 5.41 Å². The van der Waals surface area contributed by atoms with Gasteiger partial charge in [0.1, 0.15) is 5.82 Å². The molecule has 0 aliphatic carbocycles. The molecule has 2 aromatic rings. The van der Waals surface area contributed by atoms with Crippen LogP contribution in [0.1, 0.15) is 50.4 Å². The number of carbonyl (C=O) groups is 1. The summed E-state index contributed by atoms with van der Waals surface area (Å²) in [7, 11) is 0. The van der Waals surface area contributed by atoms with E-state index in [1.54, 1.807) is 12.3 Å². The number of nitrogens with one attached hydrogen (secondary N) is 1. The predicted octanol–water partition coefficient (Wildman–Crippen LogP) is 4.71. The second-order valence-corrected chi connectivity index (χ2v) is 8.81. The van der Waals surface area contributed by atoms with Crippen molar-refractivity contribution in [3.8, 4) is 5.88 Å². The third-order valence-corrected chi connectivity index (χ3v) is 4.78. The van der Waals surface area contributed by atoms with Gasteiger partial charge in [0, 0.05) is 31.8 Å². The summed E-state index contributed by atoms with van der Waals surface area (Å²) in [6.07, 6.45) is 3.76. The van der Waals surface area contributed by atoms with Crippen LogP contribution in [0, 0.1) is 12.3 Å². The number of fused-ring (bicyclic) bond motifs is 1. The molecule has 1 aliphatic heterocycles. The SMILES string of the molecule is Cc1cc2c(nc1NC(=O)CC(C)(C)C)CCCN2Cc1ccc(OC(F)F)nc1. The van der Waals surface area contributed by atoms with E-state index in [4.69, 9.17) is 4.98 Å². The van der Waals surface area contributed by atoms with Crippen molar-refractivity contribution in [1.82, 2.24) is 9.97 Å².